The lowest BCUT2D eigenvalue weighted by molar-refractivity contribution is -0.697. The molecule has 0 amide bonds. The van der Waals surface area contributed by atoms with Crippen LogP contribution in [0.5, 0.6) is 0 Å². The predicted molar refractivity (Wildman–Crippen MR) is 167 cm³/mol. The quantitative estimate of drug-likeness (QED) is 0.0993. The molecule has 0 aliphatic rings. The Morgan fingerprint density at radius 3 is 1.90 bits per heavy atom. The standard InChI is InChI=1S/C35H34N2O3S/c1-27-7-5-9-33(23-27)37(34-10-6-8-28(2)24-34)35-16-15-31-25-30(13-14-32(31)26-35)12-11-29-17-20-36(21-18-29)19-3-4-22-41(38,39)40/h5-18,20-21,23-26H,3-4,19,22H2,1-2H3. The first kappa shape index (κ1) is 28.3. The van der Waals surface area contributed by atoms with Crippen LogP contribution in [-0.4, -0.2) is 18.7 Å². The van der Waals surface area contributed by atoms with E-state index in [-0.39, 0.29) is 5.75 Å². The molecular weight excluding hydrogens is 528 g/mol. The van der Waals surface area contributed by atoms with Gasteiger partial charge in [0.25, 0.3) is 0 Å². The van der Waals surface area contributed by atoms with E-state index in [1.54, 1.807) is 0 Å². The topological polar surface area (TPSA) is 64.3 Å². The van der Waals surface area contributed by atoms with Crippen LogP contribution in [0.3, 0.4) is 0 Å². The molecule has 0 atom stereocenters. The van der Waals surface area contributed by atoms with Crippen LogP contribution in [0.15, 0.2) is 109 Å². The smallest absolute Gasteiger partial charge is 0.169 e. The maximum Gasteiger partial charge on any atom is 0.169 e. The molecule has 0 saturated carbocycles. The molecule has 5 rings (SSSR count). The second kappa shape index (κ2) is 12.5. The van der Waals surface area contributed by atoms with Crippen molar-refractivity contribution in [3.05, 3.63) is 132 Å². The first-order valence-corrected chi connectivity index (χ1v) is 15.4. The minimum atomic E-state index is -4.14. The molecule has 5 aromatic rings. The Hall–Kier alpha value is -4.26. The van der Waals surface area contributed by atoms with E-state index in [0.717, 1.165) is 28.2 Å². The highest BCUT2D eigenvalue weighted by Crippen LogP contribution is 2.36. The van der Waals surface area contributed by atoms with Crippen molar-refractivity contribution in [2.75, 3.05) is 10.7 Å². The lowest BCUT2D eigenvalue weighted by Gasteiger charge is -2.26. The Labute approximate surface area is 242 Å². The predicted octanol–water partition coefficient (Wildman–Crippen LogP) is 7.71. The van der Waals surface area contributed by atoms with Crippen LogP contribution in [0.4, 0.5) is 17.1 Å². The zero-order valence-electron chi connectivity index (χ0n) is 23.4. The average Bonchev–Trinajstić information content (AvgIpc) is 2.94. The molecule has 0 aliphatic heterocycles. The summed E-state index contributed by atoms with van der Waals surface area (Å²) in [7, 11) is -4.14. The molecule has 0 aliphatic carbocycles. The van der Waals surface area contributed by atoms with Crippen LogP contribution in [0.1, 0.15) is 35.1 Å². The Balaban J connectivity index is 1.33. The fourth-order valence-electron chi connectivity index (χ4n) is 4.97. The molecule has 0 N–H and O–H groups in total. The van der Waals surface area contributed by atoms with Gasteiger partial charge in [-0.05, 0) is 95.8 Å². The number of benzene rings is 4. The van der Waals surface area contributed by atoms with E-state index in [2.05, 4.69) is 116 Å². The molecule has 41 heavy (non-hydrogen) atoms. The molecule has 0 spiro atoms. The zero-order chi connectivity index (χ0) is 28.8. The van der Waals surface area contributed by atoms with Crippen molar-refractivity contribution < 1.29 is 17.5 Å². The van der Waals surface area contributed by atoms with Crippen molar-refractivity contribution in [3.63, 3.8) is 0 Å². The van der Waals surface area contributed by atoms with Gasteiger partial charge in [0.15, 0.2) is 12.4 Å². The van der Waals surface area contributed by atoms with Crippen molar-refractivity contribution in [2.24, 2.45) is 0 Å². The number of hydrogen-bond acceptors (Lipinski definition) is 4. The summed E-state index contributed by atoms with van der Waals surface area (Å²) in [4.78, 5) is 2.31. The number of aromatic nitrogens is 1. The van der Waals surface area contributed by atoms with E-state index in [1.165, 1.54) is 21.9 Å². The first-order valence-electron chi connectivity index (χ1n) is 13.8. The Bertz CT molecular complexity index is 1750. The summed E-state index contributed by atoms with van der Waals surface area (Å²) in [5.41, 5.74) is 8.02. The largest absolute Gasteiger partial charge is 0.748 e. The second-order valence-corrected chi connectivity index (χ2v) is 12.0. The SMILES string of the molecule is Cc1cccc(N(c2cccc(C)c2)c2ccc3cc(/C=C/c4cc[n+](CCCCS(=O)(=O)[O-])cc4)ccc3c2)c1. The molecule has 0 fully saturated rings. The Kier molecular flexibility index (Phi) is 8.62. The number of fused-ring (bicyclic) bond motifs is 1. The highest BCUT2D eigenvalue weighted by atomic mass is 32.2. The van der Waals surface area contributed by atoms with Gasteiger partial charge in [-0.1, -0.05) is 54.6 Å². The van der Waals surface area contributed by atoms with Gasteiger partial charge < -0.3 is 9.45 Å². The van der Waals surface area contributed by atoms with Crippen LogP contribution in [0, 0.1) is 13.8 Å². The van der Waals surface area contributed by atoms with E-state index in [0.29, 0.717) is 19.4 Å². The highest BCUT2D eigenvalue weighted by Gasteiger charge is 2.13. The van der Waals surface area contributed by atoms with E-state index < -0.39 is 10.1 Å². The van der Waals surface area contributed by atoms with Crippen molar-refractivity contribution in [1.82, 2.24) is 0 Å². The highest BCUT2D eigenvalue weighted by molar-refractivity contribution is 7.85. The van der Waals surface area contributed by atoms with Crippen molar-refractivity contribution >= 4 is 50.1 Å². The van der Waals surface area contributed by atoms with Gasteiger partial charge >= 0.3 is 0 Å². The second-order valence-electron chi connectivity index (χ2n) is 10.5. The summed E-state index contributed by atoms with van der Waals surface area (Å²) in [6.45, 7) is 4.92. The van der Waals surface area contributed by atoms with Gasteiger partial charge in [0, 0.05) is 41.4 Å². The summed E-state index contributed by atoms with van der Waals surface area (Å²) in [5, 5.41) is 2.35. The van der Waals surface area contributed by atoms with Crippen LogP contribution < -0.4 is 9.47 Å². The zero-order valence-corrected chi connectivity index (χ0v) is 24.2. The maximum absolute atomic E-state index is 10.7. The molecule has 0 radical (unpaired) electrons. The monoisotopic (exact) mass is 562 g/mol. The van der Waals surface area contributed by atoms with Gasteiger partial charge in [-0.25, -0.2) is 13.0 Å². The normalized spacial score (nSPS) is 11.8. The van der Waals surface area contributed by atoms with Gasteiger partial charge in [0.05, 0.1) is 10.1 Å². The Morgan fingerprint density at radius 2 is 1.27 bits per heavy atom. The van der Waals surface area contributed by atoms with Crippen LogP contribution >= 0.6 is 0 Å². The maximum atomic E-state index is 10.7. The number of anilines is 3. The van der Waals surface area contributed by atoms with Gasteiger partial charge in [-0.15, -0.1) is 0 Å². The molecule has 1 aromatic heterocycles. The molecule has 0 bridgehead atoms. The molecule has 6 heteroatoms. The number of rotatable bonds is 10. The average molecular weight is 563 g/mol. The van der Waals surface area contributed by atoms with Crippen molar-refractivity contribution in [3.8, 4) is 0 Å². The van der Waals surface area contributed by atoms with Gasteiger partial charge in [-0.3, -0.25) is 0 Å². The van der Waals surface area contributed by atoms with Crippen molar-refractivity contribution in [1.29, 1.82) is 0 Å². The van der Waals surface area contributed by atoms with E-state index in [1.807, 2.05) is 29.1 Å². The van der Waals surface area contributed by atoms with E-state index in [9.17, 15) is 13.0 Å². The minimum Gasteiger partial charge on any atom is -0.748 e. The summed E-state index contributed by atoms with van der Waals surface area (Å²) < 4.78 is 34.2. The molecule has 5 nitrogen and oxygen atoms in total. The number of unbranched alkanes of at least 4 members (excludes halogenated alkanes) is 1. The molecule has 4 aromatic carbocycles. The third kappa shape index (κ3) is 7.69. The lowest BCUT2D eigenvalue weighted by atomic mass is 10.0. The molecule has 208 valence electrons. The molecule has 0 saturated heterocycles. The third-order valence-electron chi connectivity index (χ3n) is 7.07. The van der Waals surface area contributed by atoms with Crippen LogP contribution in [-0.2, 0) is 16.7 Å². The van der Waals surface area contributed by atoms with Crippen LogP contribution in [0.2, 0.25) is 0 Å². The first-order chi connectivity index (χ1) is 19.7. The number of pyridine rings is 1. The fraction of sp³-hybridized carbons (Fsp3) is 0.171. The lowest BCUT2D eigenvalue weighted by Crippen LogP contribution is -2.32. The van der Waals surface area contributed by atoms with E-state index in [4.69, 9.17) is 0 Å². The van der Waals surface area contributed by atoms with Gasteiger partial charge in [-0.2, -0.15) is 0 Å². The van der Waals surface area contributed by atoms with Gasteiger partial charge in [0.2, 0.25) is 0 Å². The van der Waals surface area contributed by atoms with E-state index >= 15 is 0 Å². The molecule has 0 unspecified atom stereocenters. The fourth-order valence-corrected chi connectivity index (χ4v) is 5.53. The minimum absolute atomic E-state index is 0.306. The number of nitrogens with zero attached hydrogens (tertiary/aromatic N) is 2. The third-order valence-corrected chi connectivity index (χ3v) is 7.86. The molecule has 1 heterocycles. The summed E-state index contributed by atoms with van der Waals surface area (Å²) in [5.74, 6) is -0.306. The summed E-state index contributed by atoms with van der Waals surface area (Å²) >= 11 is 0. The summed E-state index contributed by atoms with van der Waals surface area (Å²) in [6, 6.07) is 34.4. The van der Waals surface area contributed by atoms with Crippen LogP contribution in [0.25, 0.3) is 22.9 Å². The Morgan fingerprint density at radius 1 is 0.683 bits per heavy atom. The number of hydrogen-bond donors (Lipinski definition) is 0. The van der Waals surface area contributed by atoms with Crippen molar-refractivity contribution in [2.45, 2.75) is 33.2 Å². The summed E-state index contributed by atoms with van der Waals surface area (Å²) in [6.07, 6.45) is 9.16. The number of aryl methyl sites for hydroxylation is 3. The van der Waals surface area contributed by atoms with Gasteiger partial charge in [0.1, 0.15) is 6.54 Å². The molecular formula is C35H34N2O3S.